The lowest BCUT2D eigenvalue weighted by Crippen LogP contribution is -2.10. The molecule has 0 fully saturated rings. The van der Waals surface area contributed by atoms with Gasteiger partial charge in [0.05, 0.1) is 5.56 Å². The molecule has 0 radical (unpaired) electrons. The smallest absolute Gasteiger partial charge is 0.338 e. The lowest BCUT2D eigenvalue weighted by molar-refractivity contribution is 0.0472. The number of benzene rings is 2. The van der Waals surface area contributed by atoms with Crippen LogP contribution >= 0.6 is 0 Å². The topological polar surface area (TPSA) is 29.5 Å². The average molecular weight is 269 g/mol. The second kappa shape index (κ2) is 6.24. The van der Waals surface area contributed by atoms with Crippen LogP contribution < -0.4 is 4.90 Å². The first kappa shape index (κ1) is 14.1. The summed E-state index contributed by atoms with van der Waals surface area (Å²) >= 11 is 0. The molecule has 0 aliphatic carbocycles. The minimum absolute atomic E-state index is 0.279. The van der Waals surface area contributed by atoms with Gasteiger partial charge in [-0.1, -0.05) is 30.3 Å². The number of ether oxygens (including phenoxy) is 1. The van der Waals surface area contributed by atoms with Gasteiger partial charge in [-0.15, -0.1) is 0 Å². The van der Waals surface area contributed by atoms with Crippen LogP contribution in [0, 0.1) is 6.92 Å². The number of rotatable bonds is 4. The van der Waals surface area contributed by atoms with Gasteiger partial charge in [-0.3, -0.25) is 0 Å². The molecule has 2 rings (SSSR count). The maximum Gasteiger partial charge on any atom is 0.338 e. The zero-order valence-electron chi connectivity index (χ0n) is 12.1. The Morgan fingerprint density at radius 2 is 1.85 bits per heavy atom. The molecule has 0 N–H and O–H groups in total. The SMILES string of the molecule is Cc1ccccc1C(=O)OCc1cccc(N(C)C)c1. The molecule has 2 aromatic rings. The molecule has 0 heterocycles. The number of anilines is 1. The van der Waals surface area contributed by atoms with Crippen LogP contribution in [0.4, 0.5) is 5.69 Å². The van der Waals surface area contributed by atoms with E-state index in [0.717, 1.165) is 16.8 Å². The second-order valence-electron chi connectivity index (χ2n) is 4.96. The number of aryl methyl sites for hydroxylation is 1. The van der Waals surface area contributed by atoms with Crippen LogP contribution in [-0.4, -0.2) is 20.1 Å². The number of hydrogen-bond acceptors (Lipinski definition) is 3. The van der Waals surface area contributed by atoms with E-state index in [1.54, 1.807) is 6.07 Å². The van der Waals surface area contributed by atoms with Gasteiger partial charge < -0.3 is 9.64 Å². The normalized spacial score (nSPS) is 10.2. The van der Waals surface area contributed by atoms with Gasteiger partial charge in [0, 0.05) is 19.8 Å². The summed E-state index contributed by atoms with van der Waals surface area (Å²) in [5.41, 5.74) is 3.63. The molecule has 0 aliphatic heterocycles. The quantitative estimate of drug-likeness (QED) is 0.797. The molecule has 0 saturated carbocycles. The Morgan fingerprint density at radius 1 is 1.10 bits per heavy atom. The highest BCUT2D eigenvalue weighted by Gasteiger charge is 2.09. The van der Waals surface area contributed by atoms with E-state index in [0.29, 0.717) is 5.56 Å². The Hall–Kier alpha value is -2.29. The molecule has 0 aliphatic rings. The summed E-state index contributed by atoms with van der Waals surface area (Å²) < 4.78 is 5.37. The van der Waals surface area contributed by atoms with Crippen molar-refractivity contribution in [2.24, 2.45) is 0 Å². The third-order valence-electron chi connectivity index (χ3n) is 3.16. The van der Waals surface area contributed by atoms with Crippen LogP contribution in [0.5, 0.6) is 0 Å². The largest absolute Gasteiger partial charge is 0.457 e. The van der Waals surface area contributed by atoms with Crippen LogP contribution in [0.2, 0.25) is 0 Å². The number of carbonyl (C=O) groups excluding carboxylic acids is 1. The first-order chi connectivity index (χ1) is 9.58. The van der Waals surface area contributed by atoms with Gasteiger partial charge in [-0.2, -0.15) is 0 Å². The molecule has 0 bridgehead atoms. The summed E-state index contributed by atoms with van der Waals surface area (Å²) in [4.78, 5) is 14.0. The molecule has 2 aromatic carbocycles. The van der Waals surface area contributed by atoms with Crippen LogP contribution in [-0.2, 0) is 11.3 Å². The molecule has 3 heteroatoms. The highest BCUT2D eigenvalue weighted by molar-refractivity contribution is 5.90. The molecule has 0 atom stereocenters. The summed E-state index contributed by atoms with van der Waals surface area (Å²) in [6.07, 6.45) is 0. The summed E-state index contributed by atoms with van der Waals surface area (Å²) in [5, 5.41) is 0. The molecule has 20 heavy (non-hydrogen) atoms. The molecule has 0 amide bonds. The van der Waals surface area contributed by atoms with Gasteiger partial charge in [-0.05, 0) is 36.2 Å². The minimum atomic E-state index is -0.279. The molecular weight excluding hydrogens is 250 g/mol. The summed E-state index contributed by atoms with van der Waals surface area (Å²) in [6, 6.07) is 15.4. The fourth-order valence-corrected chi connectivity index (χ4v) is 1.95. The van der Waals surface area contributed by atoms with Crippen LogP contribution in [0.3, 0.4) is 0 Å². The molecular formula is C17H19NO2. The lowest BCUT2D eigenvalue weighted by Gasteiger charge is -2.13. The van der Waals surface area contributed by atoms with Crippen molar-refractivity contribution in [1.82, 2.24) is 0 Å². The molecule has 3 nitrogen and oxygen atoms in total. The Kier molecular flexibility index (Phi) is 4.41. The van der Waals surface area contributed by atoms with E-state index in [-0.39, 0.29) is 12.6 Å². The second-order valence-corrected chi connectivity index (χ2v) is 4.96. The van der Waals surface area contributed by atoms with Gasteiger partial charge in [0.1, 0.15) is 6.61 Å². The third kappa shape index (κ3) is 3.38. The van der Waals surface area contributed by atoms with Crippen molar-refractivity contribution in [3.05, 3.63) is 65.2 Å². The van der Waals surface area contributed by atoms with Crippen molar-refractivity contribution in [1.29, 1.82) is 0 Å². The number of nitrogens with zero attached hydrogens (tertiary/aromatic N) is 1. The average Bonchev–Trinajstić information content (AvgIpc) is 2.45. The van der Waals surface area contributed by atoms with E-state index in [1.165, 1.54) is 0 Å². The zero-order chi connectivity index (χ0) is 14.5. The highest BCUT2D eigenvalue weighted by atomic mass is 16.5. The monoisotopic (exact) mass is 269 g/mol. The molecule has 0 spiro atoms. The fraction of sp³-hybridized carbons (Fsp3) is 0.235. The van der Waals surface area contributed by atoms with Crippen molar-refractivity contribution in [3.63, 3.8) is 0 Å². The van der Waals surface area contributed by atoms with Crippen molar-refractivity contribution in [2.75, 3.05) is 19.0 Å². The Balaban J connectivity index is 2.04. The van der Waals surface area contributed by atoms with Gasteiger partial charge in [0.25, 0.3) is 0 Å². The third-order valence-corrected chi connectivity index (χ3v) is 3.16. The maximum absolute atomic E-state index is 12.0. The number of carbonyl (C=O) groups is 1. The molecule has 0 saturated heterocycles. The maximum atomic E-state index is 12.0. The van der Waals surface area contributed by atoms with Crippen molar-refractivity contribution in [2.45, 2.75) is 13.5 Å². The van der Waals surface area contributed by atoms with Gasteiger partial charge in [-0.25, -0.2) is 4.79 Å². The summed E-state index contributed by atoms with van der Waals surface area (Å²) in [7, 11) is 3.97. The standard InChI is InChI=1S/C17H19NO2/c1-13-7-4-5-10-16(13)17(19)20-12-14-8-6-9-15(11-14)18(2)3/h4-11H,12H2,1-3H3. The number of hydrogen-bond donors (Lipinski definition) is 0. The van der Waals surface area contributed by atoms with Gasteiger partial charge >= 0.3 is 5.97 Å². The predicted molar refractivity (Wildman–Crippen MR) is 81.1 cm³/mol. The van der Waals surface area contributed by atoms with Crippen molar-refractivity contribution < 1.29 is 9.53 Å². The Labute approximate surface area is 119 Å². The predicted octanol–water partition coefficient (Wildman–Crippen LogP) is 3.42. The fourth-order valence-electron chi connectivity index (χ4n) is 1.95. The lowest BCUT2D eigenvalue weighted by atomic mass is 10.1. The van der Waals surface area contributed by atoms with E-state index in [2.05, 4.69) is 0 Å². The van der Waals surface area contributed by atoms with E-state index in [1.807, 2.05) is 68.4 Å². The molecule has 0 unspecified atom stereocenters. The van der Waals surface area contributed by atoms with E-state index in [9.17, 15) is 4.79 Å². The van der Waals surface area contributed by atoms with Gasteiger partial charge in [0.15, 0.2) is 0 Å². The first-order valence-electron chi connectivity index (χ1n) is 6.57. The first-order valence-corrected chi connectivity index (χ1v) is 6.57. The molecule has 0 aromatic heterocycles. The van der Waals surface area contributed by atoms with E-state index >= 15 is 0 Å². The van der Waals surface area contributed by atoms with E-state index < -0.39 is 0 Å². The summed E-state index contributed by atoms with van der Waals surface area (Å²) in [6.45, 7) is 2.19. The van der Waals surface area contributed by atoms with Gasteiger partial charge in [0.2, 0.25) is 0 Å². The Bertz CT molecular complexity index is 605. The van der Waals surface area contributed by atoms with E-state index in [4.69, 9.17) is 4.74 Å². The van der Waals surface area contributed by atoms with Crippen molar-refractivity contribution >= 4 is 11.7 Å². The number of esters is 1. The Morgan fingerprint density at radius 3 is 2.55 bits per heavy atom. The van der Waals surface area contributed by atoms with Crippen LogP contribution in [0.1, 0.15) is 21.5 Å². The van der Waals surface area contributed by atoms with Crippen LogP contribution in [0.15, 0.2) is 48.5 Å². The highest BCUT2D eigenvalue weighted by Crippen LogP contribution is 2.15. The van der Waals surface area contributed by atoms with Crippen LogP contribution in [0.25, 0.3) is 0 Å². The van der Waals surface area contributed by atoms with Crippen molar-refractivity contribution in [3.8, 4) is 0 Å². The zero-order valence-corrected chi connectivity index (χ0v) is 12.1. The summed E-state index contributed by atoms with van der Waals surface area (Å²) in [5.74, 6) is -0.279. The minimum Gasteiger partial charge on any atom is -0.457 e. The molecule has 104 valence electrons.